The second-order valence-electron chi connectivity index (χ2n) is 4.41. The number of nitrogens with one attached hydrogen (secondary N) is 1. The molecule has 1 aliphatic rings. The van der Waals surface area contributed by atoms with E-state index in [-0.39, 0.29) is 17.3 Å². The Morgan fingerprint density at radius 3 is 3.05 bits per heavy atom. The average Bonchev–Trinajstić information content (AvgIpc) is 3.08. The van der Waals surface area contributed by atoms with E-state index in [4.69, 9.17) is 4.74 Å². The Morgan fingerprint density at radius 2 is 2.35 bits per heavy atom. The number of carbonyl (C=O) groups excluding carboxylic acids is 1. The van der Waals surface area contributed by atoms with Gasteiger partial charge in [-0.2, -0.15) is 0 Å². The Hall–Kier alpha value is -0.310. The summed E-state index contributed by atoms with van der Waals surface area (Å²) < 4.78 is 7.30. The zero-order valence-corrected chi connectivity index (χ0v) is 14.1. The first-order valence-electron chi connectivity index (χ1n) is 6.71. The fraction of sp³-hybridized carbons (Fsp3) is 0.750. The molecule has 0 bridgehead atoms. The van der Waals surface area contributed by atoms with Gasteiger partial charge in [-0.15, -0.1) is 10.2 Å². The van der Waals surface area contributed by atoms with E-state index in [1.165, 1.54) is 11.8 Å². The molecule has 5 nitrogen and oxygen atoms in total. The third kappa shape index (κ3) is 4.91. The predicted octanol–water partition coefficient (Wildman–Crippen LogP) is 2.43. The number of ether oxygens (including phenoxy) is 1. The second-order valence-corrected chi connectivity index (χ2v) is 8.48. The van der Waals surface area contributed by atoms with Gasteiger partial charge in [-0.1, -0.05) is 41.8 Å². The van der Waals surface area contributed by atoms with Crippen LogP contribution in [0.2, 0.25) is 0 Å². The molecule has 1 aromatic heterocycles. The Labute approximate surface area is 131 Å². The molecule has 1 saturated heterocycles. The summed E-state index contributed by atoms with van der Waals surface area (Å²) in [7, 11) is 0. The lowest BCUT2D eigenvalue weighted by atomic mass is 10.2. The Balaban J connectivity index is 1.74. The van der Waals surface area contributed by atoms with Gasteiger partial charge in [0.15, 0.2) is 8.68 Å². The number of thioether (sulfide) groups is 2. The van der Waals surface area contributed by atoms with Crippen molar-refractivity contribution in [3.8, 4) is 0 Å². The van der Waals surface area contributed by atoms with Crippen LogP contribution >= 0.6 is 34.9 Å². The largest absolute Gasteiger partial charge is 0.376 e. The molecule has 20 heavy (non-hydrogen) atoms. The van der Waals surface area contributed by atoms with Crippen molar-refractivity contribution in [3.63, 3.8) is 0 Å². The van der Waals surface area contributed by atoms with Crippen LogP contribution in [0.4, 0.5) is 0 Å². The van der Waals surface area contributed by atoms with Gasteiger partial charge in [0.25, 0.3) is 0 Å². The van der Waals surface area contributed by atoms with Crippen LogP contribution in [-0.2, 0) is 9.53 Å². The van der Waals surface area contributed by atoms with Crippen LogP contribution in [0.5, 0.6) is 0 Å². The van der Waals surface area contributed by atoms with Gasteiger partial charge in [0.1, 0.15) is 0 Å². The number of hydrogen-bond acceptors (Lipinski definition) is 7. The van der Waals surface area contributed by atoms with Crippen LogP contribution < -0.4 is 5.32 Å². The van der Waals surface area contributed by atoms with Gasteiger partial charge in [-0.05, 0) is 25.5 Å². The van der Waals surface area contributed by atoms with Crippen LogP contribution in [0.3, 0.4) is 0 Å². The molecule has 1 aliphatic heterocycles. The number of rotatable bonds is 7. The zero-order chi connectivity index (χ0) is 14.4. The maximum Gasteiger partial charge on any atom is 0.233 e. The Morgan fingerprint density at radius 1 is 1.55 bits per heavy atom. The molecule has 2 heterocycles. The Kier molecular flexibility index (Phi) is 6.60. The summed E-state index contributed by atoms with van der Waals surface area (Å²) >= 11 is 4.68. The molecular formula is C12H19N3O2S3. The maximum absolute atomic E-state index is 12.0. The summed E-state index contributed by atoms with van der Waals surface area (Å²) in [6.45, 7) is 5.40. The molecule has 1 fully saturated rings. The lowest BCUT2D eigenvalue weighted by Gasteiger charge is -2.13. The molecule has 112 valence electrons. The van der Waals surface area contributed by atoms with Gasteiger partial charge in [-0.3, -0.25) is 4.79 Å². The van der Waals surface area contributed by atoms with Crippen molar-refractivity contribution in [2.75, 3.05) is 18.9 Å². The molecule has 1 amide bonds. The van der Waals surface area contributed by atoms with Crippen molar-refractivity contribution in [2.24, 2.45) is 0 Å². The van der Waals surface area contributed by atoms with Gasteiger partial charge in [0, 0.05) is 13.2 Å². The van der Waals surface area contributed by atoms with Crippen molar-refractivity contribution in [2.45, 2.75) is 46.7 Å². The molecule has 0 aromatic carbocycles. The molecule has 2 atom stereocenters. The van der Waals surface area contributed by atoms with Crippen LogP contribution in [-0.4, -0.2) is 46.4 Å². The van der Waals surface area contributed by atoms with E-state index < -0.39 is 0 Å². The minimum Gasteiger partial charge on any atom is -0.376 e. The predicted molar refractivity (Wildman–Crippen MR) is 83.6 cm³/mol. The number of carbonyl (C=O) groups is 1. The fourth-order valence-electron chi connectivity index (χ4n) is 1.79. The highest BCUT2D eigenvalue weighted by molar-refractivity contribution is 8.03. The highest BCUT2D eigenvalue weighted by atomic mass is 32.2. The summed E-state index contributed by atoms with van der Waals surface area (Å²) in [5.41, 5.74) is 0. The molecule has 2 rings (SSSR count). The minimum absolute atomic E-state index is 0.0328. The van der Waals surface area contributed by atoms with E-state index in [0.717, 1.165) is 33.9 Å². The van der Waals surface area contributed by atoms with Gasteiger partial charge >= 0.3 is 0 Å². The number of amides is 1. The third-order valence-corrected chi connectivity index (χ3v) is 5.95. The average molecular weight is 334 g/mol. The van der Waals surface area contributed by atoms with E-state index in [1.54, 1.807) is 23.1 Å². The number of aromatic nitrogens is 2. The monoisotopic (exact) mass is 333 g/mol. The van der Waals surface area contributed by atoms with Crippen LogP contribution in [0, 0.1) is 0 Å². The van der Waals surface area contributed by atoms with E-state index in [0.29, 0.717) is 6.54 Å². The van der Waals surface area contributed by atoms with Crippen LogP contribution in [0.1, 0.15) is 26.7 Å². The summed E-state index contributed by atoms with van der Waals surface area (Å²) in [5.74, 6) is 1.02. The fourth-order valence-corrected chi connectivity index (χ4v) is 4.88. The highest BCUT2D eigenvalue weighted by Crippen LogP contribution is 2.31. The van der Waals surface area contributed by atoms with Crippen molar-refractivity contribution in [3.05, 3.63) is 0 Å². The SMILES string of the molecule is CCSc1nnc(S[C@@H](C)C(=O)NC[C@H]2CCCO2)s1. The number of nitrogens with zero attached hydrogens (tertiary/aromatic N) is 2. The van der Waals surface area contributed by atoms with Gasteiger partial charge < -0.3 is 10.1 Å². The van der Waals surface area contributed by atoms with Gasteiger partial charge in [-0.25, -0.2) is 0 Å². The standard InChI is InChI=1S/C12H19N3O2S3/c1-3-18-11-14-15-12(20-11)19-8(2)10(16)13-7-9-5-4-6-17-9/h8-9H,3-7H2,1-2H3,(H,13,16)/t8-,9+/m0/s1. The van der Waals surface area contributed by atoms with E-state index in [2.05, 4.69) is 22.4 Å². The normalized spacial score (nSPS) is 20.0. The van der Waals surface area contributed by atoms with Crippen molar-refractivity contribution >= 4 is 40.8 Å². The molecule has 8 heteroatoms. The Bertz CT molecular complexity index is 435. The summed E-state index contributed by atoms with van der Waals surface area (Å²) in [6.07, 6.45) is 2.31. The first kappa shape index (κ1) is 16.1. The molecule has 0 spiro atoms. The van der Waals surface area contributed by atoms with Crippen molar-refractivity contribution in [1.82, 2.24) is 15.5 Å². The van der Waals surface area contributed by atoms with Crippen LogP contribution in [0.25, 0.3) is 0 Å². The van der Waals surface area contributed by atoms with E-state index in [1.807, 2.05) is 6.92 Å². The van der Waals surface area contributed by atoms with E-state index in [9.17, 15) is 4.79 Å². The van der Waals surface area contributed by atoms with Gasteiger partial charge in [0.2, 0.25) is 5.91 Å². The lowest BCUT2D eigenvalue weighted by molar-refractivity contribution is -0.120. The smallest absolute Gasteiger partial charge is 0.233 e. The second kappa shape index (κ2) is 8.21. The molecular weight excluding hydrogens is 314 g/mol. The quantitative estimate of drug-likeness (QED) is 0.773. The maximum atomic E-state index is 12.0. The topological polar surface area (TPSA) is 64.1 Å². The van der Waals surface area contributed by atoms with Crippen LogP contribution in [0.15, 0.2) is 8.68 Å². The van der Waals surface area contributed by atoms with Crippen molar-refractivity contribution in [1.29, 1.82) is 0 Å². The number of hydrogen-bond donors (Lipinski definition) is 1. The first-order valence-corrected chi connectivity index (χ1v) is 9.39. The molecule has 0 saturated carbocycles. The summed E-state index contributed by atoms with van der Waals surface area (Å²) in [5, 5.41) is 11.0. The molecule has 1 aromatic rings. The summed E-state index contributed by atoms with van der Waals surface area (Å²) in [6, 6.07) is 0. The van der Waals surface area contributed by atoms with Gasteiger partial charge in [0.05, 0.1) is 11.4 Å². The molecule has 0 aliphatic carbocycles. The third-order valence-electron chi connectivity index (χ3n) is 2.83. The molecule has 0 radical (unpaired) electrons. The minimum atomic E-state index is -0.163. The lowest BCUT2D eigenvalue weighted by Crippen LogP contribution is -2.36. The van der Waals surface area contributed by atoms with E-state index >= 15 is 0 Å². The zero-order valence-electron chi connectivity index (χ0n) is 11.6. The molecule has 1 N–H and O–H groups in total. The highest BCUT2D eigenvalue weighted by Gasteiger charge is 2.20. The molecule has 0 unspecified atom stereocenters. The first-order chi connectivity index (χ1) is 9.69. The summed E-state index contributed by atoms with van der Waals surface area (Å²) in [4.78, 5) is 12.0. The van der Waals surface area contributed by atoms with Crippen molar-refractivity contribution < 1.29 is 9.53 Å².